The Morgan fingerprint density at radius 2 is 1.95 bits per heavy atom. The minimum Gasteiger partial charge on any atom is -0.369 e. The molecule has 1 atom stereocenters. The van der Waals surface area contributed by atoms with Gasteiger partial charge in [-0.05, 0) is 25.5 Å². The lowest BCUT2D eigenvalue weighted by atomic mass is 10.4. The molecule has 0 spiro atoms. The normalized spacial score (nSPS) is 13.9. The highest BCUT2D eigenvalue weighted by Crippen LogP contribution is 2.18. The summed E-state index contributed by atoms with van der Waals surface area (Å²) in [7, 11) is -7.09. The summed E-state index contributed by atoms with van der Waals surface area (Å²) in [4.78, 5) is 4.03. The third kappa shape index (κ3) is 5.98. The van der Waals surface area contributed by atoms with E-state index in [4.69, 9.17) is 0 Å². The predicted octanol–water partition coefficient (Wildman–Crippen LogP) is 0.615. The maximum Gasteiger partial charge on any atom is 0.244 e. The summed E-state index contributed by atoms with van der Waals surface area (Å²) in [5, 5.41) is 2.94. The second kappa shape index (κ2) is 7.19. The third-order valence-corrected chi connectivity index (χ3v) is 5.24. The Morgan fingerprint density at radius 3 is 2.52 bits per heavy atom. The molecule has 0 aliphatic heterocycles. The maximum atomic E-state index is 12.3. The predicted molar refractivity (Wildman–Crippen MR) is 82.5 cm³/mol. The summed E-state index contributed by atoms with van der Waals surface area (Å²) < 4.78 is 49.4. The van der Waals surface area contributed by atoms with E-state index in [1.54, 1.807) is 0 Å². The highest BCUT2D eigenvalue weighted by atomic mass is 32.2. The number of sulfone groups is 1. The molecule has 0 saturated carbocycles. The number of pyridine rings is 1. The Bertz CT molecular complexity index is 671. The van der Waals surface area contributed by atoms with Gasteiger partial charge in [0.1, 0.15) is 20.6 Å². The number of anilines is 1. The Kier molecular flexibility index (Phi) is 6.11. The second-order valence-electron chi connectivity index (χ2n) is 4.89. The zero-order chi connectivity index (χ0) is 16.1. The lowest BCUT2D eigenvalue weighted by Gasteiger charge is -2.15. The largest absolute Gasteiger partial charge is 0.369 e. The first kappa shape index (κ1) is 17.9. The fourth-order valence-corrected chi connectivity index (χ4v) is 4.27. The molecule has 1 aromatic heterocycles. The van der Waals surface area contributed by atoms with Gasteiger partial charge in [0, 0.05) is 25.0 Å². The number of nitrogens with one attached hydrogen (secondary N) is 2. The Balaban J connectivity index is 2.97. The first-order valence-corrected chi connectivity index (χ1v) is 10.1. The Hall–Kier alpha value is -1.19. The average Bonchev–Trinajstić information content (AvgIpc) is 2.33. The second-order valence-corrected chi connectivity index (χ2v) is 8.76. The van der Waals surface area contributed by atoms with Crippen molar-refractivity contribution in [2.75, 3.05) is 23.9 Å². The van der Waals surface area contributed by atoms with E-state index in [0.717, 1.165) is 12.7 Å². The minimum atomic E-state index is -3.83. The molecule has 9 heteroatoms. The topological polar surface area (TPSA) is 105 Å². The van der Waals surface area contributed by atoms with Crippen LogP contribution in [0.5, 0.6) is 0 Å². The molecule has 7 nitrogen and oxygen atoms in total. The van der Waals surface area contributed by atoms with Crippen molar-refractivity contribution in [1.29, 1.82) is 0 Å². The van der Waals surface area contributed by atoms with Crippen molar-refractivity contribution in [3.8, 4) is 0 Å². The van der Waals surface area contributed by atoms with Crippen molar-refractivity contribution in [2.24, 2.45) is 0 Å². The van der Waals surface area contributed by atoms with Crippen molar-refractivity contribution in [2.45, 2.75) is 31.2 Å². The van der Waals surface area contributed by atoms with Crippen LogP contribution < -0.4 is 10.0 Å². The molecule has 2 N–H and O–H groups in total. The average molecular weight is 335 g/mol. The molecule has 0 radical (unpaired) electrons. The molecule has 0 saturated heterocycles. The Morgan fingerprint density at radius 1 is 1.29 bits per heavy atom. The fourth-order valence-electron chi connectivity index (χ4n) is 1.80. The molecule has 0 aromatic carbocycles. The molecular formula is C12H21N3O4S2. The summed E-state index contributed by atoms with van der Waals surface area (Å²) in [6.07, 6.45) is 3.39. The van der Waals surface area contributed by atoms with Crippen LogP contribution in [0, 0.1) is 0 Å². The molecule has 21 heavy (non-hydrogen) atoms. The fraction of sp³-hybridized carbons (Fsp3) is 0.583. The molecule has 1 aromatic rings. The number of hydrogen-bond donors (Lipinski definition) is 2. The van der Waals surface area contributed by atoms with Crippen LogP contribution in [0.1, 0.15) is 20.3 Å². The quantitative estimate of drug-likeness (QED) is 0.721. The van der Waals surface area contributed by atoms with E-state index >= 15 is 0 Å². The van der Waals surface area contributed by atoms with Gasteiger partial charge in [-0.25, -0.2) is 26.5 Å². The van der Waals surface area contributed by atoms with Crippen molar-refractivity contribution >= 4 is 25.7 Å². The zero-order valence-electron chi connectivity index (χ0n) is 12.3. The van der Waals surface area contributed by atoms with Gasteiger partial charge in [-0.1, -0.05) is 6.92 Å². The number of nitrogens with zero attached hydrogens (tertiary/aromatic N) is 1. The van der Waals surface area contributed by atoms with Gasteiger partial charge in [0.15, 0.2) is 0 Å². The molecule has 0 amide bonds. The van der Waals surface area contributed by atoms with Gasteiger partial charge in [0.25, 0.3) is 0 Å². The summed E-state index contributed by atoms with van der Waals surface area (Å²) in [5.74, 6) is 0.00270. The minimum absolute atomic E-state index is 0.0128. The molecule has 0 aliphatic carbocycles. The van der Waals surface area contributed by atoms with Crippen LogP contribution in [0.3, 0.4) is 0 Å². The van der Waals surface area contributed by atoms with Crippen LogP contribution >= 0.6 is 0 Å². The van der Waals surface area contributed by atoms with Gasteiger partial charge < -0.3 is 5.32 Å². The van der Waals surface area contributed by atoms with Gasteiger partial charge in [-0.2, -0.15) is 0 Å². The van der Waals surface area contributed by atoms with E-state index in [0.29, 0.717) is 6.54 Å². The molecule has 1 heterocycles. The molecule has 0 aliphatic rings. The summed E-state index contributed by atoms with van der Waals surface area (Å²) >= 11 is 0. The monoisotopic (exact) mass is 335 g/mol. The molecular weight excluding hydrogens is 314 g/mol. The van der Waals surface area contributed by atoms with Gasteiger partial charge >= 0.3 is 0 Å². The van der Waals surface area contributed by atoms with E-state index in [1.807, 2.05) is 6.92 Å². The summed E-state index contributed by atoms with van der Waals surface area (Å²) in [6, 6.07) is 2.23. The van der Waals surface area contributed by atoms with Crippen LogP contribution in [-0.4, -0.2) is 46.4 Å². The van der Waals surface area contributed by atoms with Crippen molar-refractivity contribution in [3.63, 3.8) is 0 Å². The number of sulfonamides is 1. The number of rotatable bonds is 8. The number of hydrogen-bond acceptors (Lipinski definition) is 6. The molecule has 1 rings (SSSR count). The lowest BCUT2D eigenvalue weighted by molar-refractivity contribution is 0.564. The number of aromatic nitrogens is 1. The molecule has 1 unspecified atom stereocenters. The van der Waals surface area contributed by atoms with Crippen molar-refractivity contribution < 1.29 is 16.8 Å². The van der Waals surface area contributed by atoms with Crippen LogP contribution in [0.2, 0.25) is 0 Å². The SMILES string of the molecule is CCCNc1ncccc1S(=O)(=O)NC(C)CS(C)(=O)=O. The smallest absolute Gasteiger partial charge is 0.244 e. The van der Waals surface area contributed by atoms with Gasteiger partial charge in [0.05, 0.1) is 5.75 Å². The maximum absolute atomic E-state index is 12.3. The van der Waals surface area contributed by atoms with Gasteiger partial charge in [-0.3, -0.25) is 0 Å². The van der Waals surface area contributed by atoms with E-state index in [9.17, 15) is 16.8 Å². The third-order valence-electron chi connectivity index (χ3n) is 2.51. The van der Waals surface area contributed by atoms with E-state index in [-0.39, 0.29) is 16.5 Å². The van der Waals surface area contributed by atoms with E-state index in [1.165, 1.54) is 25.3 Å². The van der Waals surface area contributed by atoms with E-state index in [2.05, 4.69) is 15.0 Å². The highest BCUT2D eigenvalue weighted by Gasteiger charge is 2.23. The van der Waals surface area contributed by atoms with Gasteiger partial charge in [-0.15, -0.1) is 0 Å². The molecule has 0 fully saturated rings. The molecule has 120 valence electrons. The highest BCUT2D eigenvalue weighted by molar-refractivity contribution is 7.91. The first-order chi connectivity index (χ1) is 9.65. The van der Waals surface area contributed by atoms with Crippen LogP contribution in [0.4, 0.5) is 5.82 Å². The first-order valence-electron chi connectivity index (χ1n) is 6.54. The Labute approximate surface area is 126 Å². The van der Waals surface area contributed by atoms with Crippen LogP contribution in [-0.2, 0) is 19.9 Å². The standard InChI is InChI=1S/C12H21N3O4S2/c1-4-7-13-12-11(6-5-8-14-12)21(18,19)15-10(2)9-20(3,16)17/h5-6,8,10,15H,4,7,9H2,1-3H3,(H,13,14). The molecule has 0 bridgehead atoms. The van der Waals surface area contributed by atoms with Crippen molar-refractivity contribution in [3.05, 3.63) is 18.3 Å². The summed E-state index contributed by atoms with van der Waals surface area (Å²) in [6.45, 7) is 4.06. The van der Waals surface area contributed by atoms with Crippen LogP contribution in [0.25, 0.3) is 0 Å². The lowest BCUT2D eigenvalue weighted by Crippen LogP contribution is -2.37. The van der Waals surface area contributed by atoms with Crippen molar-refractivity contribution in [1.82, 2.24) is 9.71 Å². The van der Waals surface area contributed by atoms with E-state index < -0.39 is 25.9 Å². The zero-order valence-corrected chi connectivity index (χ0v) is 14.0. The summed E-state index contributed by atoms with van der Waals surface area (Å²) in [5.41, 5.74) is 0. The van der Waals surface area contributed by atoms with Gasteiger partial charge in [0.2, 0.25) is 10.0 Å². The van der Waals surface area contributed by atoms with Crippen LogP contribution in [0.15, 0.2) is 23.2 Å².